The summed E-state index contributed by atoms with van der Waals surface area (Å²) in [5, 5.41) is 18.1. The number of carboxylic acids is 1. The summed E-state index contributed by atoms with van der Waals surface area (Å²) in [7, 11) is 1.77. The highest BCUT2D eigenvalue weighted by atomic mass is 16.4. The molecule has 5 heteroatoms. The van der Waals surface area contributed by atoms with Crippen LogP contribution in [-0.2, 0) is 7.05 Å². The van der Waals surface area contributed by atoms with Crippen molar-refractivity contribution in [3.8, 4) is 5.75 Å². The maximum absolute atomic E-state index is 10.7. The van der Waals surface area contributed by atoms with Crippen LogP contribution >= 0.6 is 0 Å². The molecule has 2 N–H and O–H groups in total. The van der Waals surface area contributed by atoms with E-state index in [1.807, 2.05) is 0 Å². The molecule has 2 aromatic rings. The molecule has 1 aromatic heterocycles. The average Bonchev–Trinajstić information content (AvgIpc) is 2.46. The Labute approximate surface area is 79.2 Å². The summed E-state index contributed by atoms with van der Waals surface area (Å²) < 4.78 is 1.71. The number of hydrogen-bond acceptors (Lipinski definition) is 3. The van der Waals surface area contributed by atoms with Gasteiger partial charge in [-0.15, -0.1) is 0 Å². The van der Waals surface area contributed by atoms with E-state index in [0.29, 0.717) is 11.0 Å². The summed E-state index contributed by atoms with van der Waals surface area (Å²) in [6.07, 6.45) is 1.57. The summed E-state index contributed by atoms with van der Waals surface area (Å²) in [6.45, 7) is 0. The van der Waals surface area contributed by atoms with Gasteiger partial charge in [0.15, 0.2) is 0 Å². The molecule has 0 unspecified atom stereocenters. The fraction of sp³-hybridized carbons (Fsp3) is 0.111. The molecular formula is C9H8N2O3. The fourth-order valence-corrected chi connectivity index (χ4v) is 1.33. The highest BCUT2D eigenvalue weighted by Gasteiger charge is 2.12. The minimum atomic E-state index is -1.16. The van der Waals surface area contributed by atoms with Gasteiger partial charge in [0.2, 0.25) is 0 Å². The summed E-state index contributed by atoms with van der Waals surface area (Å²) in [5.74, 6) is -1.40. The number of nitrogens with zero attached hydrogens (tertiary/aromatic N) is 2. The van der Waals surface area contributed by atoms with Crippen molar-refractivity contribution < 1.29 is 15.0 Å². The standard InChI is InChI=1S/C9H8N2O3/c1-11-4-10-6-2-5(9(13)14)8(12)3-7(6)11/h2-4,12H,1H3,(H,13,14). The van der Waals surface area contributed by atoms with Crippen LogP contribution < -0.4 is 0 Å². The van der Waals surface area contributed by atoms with Gasteiger partial charge in [-0.3, -0.25) is 0 Å². The predicted octanol–water partition coefficient (Wildman–Crippen LogP) is 0.977. The van der Waals surface area contributed by atoms with Gasteiger partial charge in [0.1, 0.15) is 11.3 Å². The maximum atomic E-state index is 10.7. The SMILES string of the molecule is Cn1cnc2cc(C(=O)O)c(O)cc21. The maximum Gasteiger partial charge on any atom is 0.339 e. The number of carboxylic acid groups (broad SMARTS) is 1. The second-order valence-electron chi connectivity index (χ2n) is 3.02. The number of aromatic carboxylic acids is 1. The van der Waals surface area contributed by atoms with E-state index in [-0.39, 0.29) is 11.3 Å². The zero-order valence-corrected chi connectivity index (χ0v) is 7.43. The van der Waals surface area contributed by atoms with E-state index < -0.39 is 5.97 Å². The molecule has 0 bridgehead atoms. The Bertz CT molecular complexity index is 516. The van der Waals surface area contributed by atoms with Crippen LogP contribution in [0.5, 0.6) is 5.75 Å². The first-order valence-electron chi connectivity index (χ1n) is 3.97. The van der Waals surface area contributed by atoms with Crippen LogP contribution in [0.1, 0.15) is 10.4 Å². The minimum absolute atomic E-state index is 0.129. The van der Waals surface area contributed by atoms with Crippen molar-refractivity contribution in [2.45, 2.75) is 0 Å². The molecule has 2 rings (SSSR count). The molecule has 0 aliphatic heterocycles. The third kappa shape index (κ3) is 1.10. The molecule has 0 aliphatic carbocycles. The minimum Gasteiger partial charge on any atom is -0.507 e. The van der Waals surface area contributed by atoms with E-state index >= 15 is 0 Å². The summed E-state index contributed by atoms with van der Waals surface area (Å²) in [6, 6.07) is 2.75. The molecule has 5 nitrogen and oxygen atoms in total. The number of benzene rings is 1. The van der Waals surface area contributed by atoms with Crippen molar-refractivity contribution in [3.63, 3.8) is 0 Å². The molecular weight excluding hydrogens is 184 g/mol. The predicted molar refractivity (Wildman–Crippen MR) is 49.3 cm³/mol. The lowest BCUT2D eigenvalue weighted by molar-refractivity contribution is 0.0694. The van der Waals surface area contributed by atoms with E-state index in [9.17, 15) is 9.90 Å². The summed E-state index contributed by atoms with van der Waals surface area (Å²) >= 11 is 0. The van der Waals surface area contributed by atoms with Gasteiger partial charge in [-0.1, -0.05) is 0 Å². The molecule has 0 spiro atoms. The molecule has 14 heavy (non-hydrogen) atoms. The van der Waals surface area contributed by atoms with Crippen molar-refractivity contribution in [2.75, 3.05) is 0 Å². The molecule has 0 radical (unpaired) electrons. The largest absolute Gasteiger partial charge is 0.507 e. The van der Waals surface area contributed by atoms with Crippen LogP contribution in [0.25, 0.3) is 11.0 Å². The van der Waals surface area contributed by atoms with Crippen molar-refractivity contribution in [2.24, 2.45) is 7.05 Å². The van der Waals surface area contributed by atoms with Crippen LogP contribution in [0.15, 0.2) is 18.5 Å². The van der Waals surface area contributed by atoms with E-state index in [1.165, 1.54) is 12.1 Å². The van der Waals surface area contributed by atoms with Crippen LogP contribution in [-0.4, -0.2) is 25.7 Å². The quantitative estimate of drug-likeness (QED) is 0.706. The molecule has 0 amide bonds. The second kappa shape index (κ2) is 2.73. The third-order valence-corrected chi connectivity index (χ3v) is 2.07. The number of hydrogen-bond donors (Lipinski definition) is 2. The number of aryl methyl sites for hydroxylation is 1. The van der Waals surface area contributed by atoms with Gasteiger partial charge in [-0.25, -0.2) is 9.78 Å². The fourth-order valence-electron chi connectivity index (χ4n) is 1.33. The lowest BCUT2D eigenvalue weighted by atomic mass is 10.2. The number of aromatic hydroxyl groups is 1. The monoisotopic (exact) mass is 192 g/mol. The third-order valence-electron chi connectivity index (χ3n) is 2.07. The van der Waals surface area contributed by atoms with Gasteiger partial charge >= 0.3 is 5.97 Å². The van der Waals surface area contributed by atoms with Crippen molar-refractivity contribution >= 4 is 17.0 Å². The van der Waals surface area contributed by atoms with E-state index in [2.05, 4.69) is 4.98 Å². The number of rotatable bonds is 1. The molecule has 1 aromatic carbocycles. The Hall–Kier alpha value is -2.04. The van der Waals surface area contributed by atoms with Crippen LogP contribution in [0.2, 0.25) is 0 Å². The van der Waals surface area contributed by atoms with Crippen LogP contribution in [0.3, 0.4) is 0 Å². The second-order valence-corrected chi connectivity index (χ2v) is 3.02. The van der Waals surface area contributed by atoms with Crippen molar-refractivity contribution in [3.05, 3.63) is 24.0 Å². The smallest absolute Gasteiger partial charge is 0.339 e. The van der Waals surface area contributed by atoms with E-state index in [0.717, 1.165) is 0 Å². The van der Waals surface area contributed by atoms with Crippen LogP contribution in [0.4, 0.5) is 0 Å². The Morgan fingerprint density at radius 1 is 1.50 bits per heavy atom. The van der Waals surface area contributed by atoms with Crippen molar-refractivity contribution in [1.82, 2.24) is 9.55 Å². The first-order chi connectivity index (χ1) is 6.59. The highest BCUT2D eigenvalue weighted by Crippen LogP contribution is 2.23. The van der Waals surface area contributed by atoms with Gasteiger partial charge in [-0.2, -0.15) is 0 Å². The molecule has 0 atom stereocenters. The van der Waals surface area contributed by atoms with E-state index in [1.54, 1.807) is 17.9 Å². The number of imidazole rings is 1. The topological polar surface area (TPSA) is 75.4 Å². The molecule has 0 saturated heterocycles. The molecule has 0 fully saturated rings. The molecule has 72 valence electrons. The van der Waals surface area contributed by atoms with Gasteiger partial charge in [-0.05, 0) is 6.07 Å². The Morgan fingerprint density at radius 3 is 2.86 bits per heavy atom. The van der Waals surface area contributed by atoms with Crippen LogP contribution in [0, 0.1) is 0 Å². The summed E-state index contributed by atoms with van der Waals surface area (Å²) in [5.41, 5.74) is 1.13. The van der Waals surface area contributed by atoms with E-state index in [4.69, 9.17) is 5.11 Å². The number of aromatic nitrogens is 2. The number of carbonyl (C=O) groups is 1. The lowest BCUT2D eigenvalue weighted by Gasteiger charge is -2.00. The molecule has 0 saturated carbocycles. The Morgan fingerprint density at radius 2 is 2.21 bits per heavy atom. The lowest BCUT2D eigenvalue weighted by Crippen LogP contribution is -1.96. The zero-order valence-electron chi connectivity index (χ0n) is 7.43. The van der Waals surface area contributed by atoms with Gasteiger partial charge < -0.3 is 14.8 Å². The Balaban J connectivity index is 2.79. The molecule has 0 aliphatic rings. The Kier molecular flexibility index (Phi) is 1.67. The first kappa shape index (κ1) is 8.55. The van der Waals surface area contributed by atoms with Gasteiger partial charge in [0, 0.05) is 13.1 Å². The number of fused-ring (bicyclic) bond motifs is 1. The van der Waals surface area contributed by atoms with Crippen molar-refractivity contribution in [1.29, 1.82) is 0 Å². The van der Waals surface area contributed by atoms with Gasteiger partial charge in [0.25, 0.3) is 0 Å². The average molecular weight is 192 g/mol. The normalized spacial score (nSPS) is 10.6. The highest BCUT2D eigenvalue weighted by molar-refractivity contribution is 5.95. The molecule has 1 heterocycles. The summed E-state index contributed by atoms with van der Waals surface area (Å²) in [4.78, 5) is 14.7. The van der Waals surface area contributed by atoms with Gasteiger partial charge in [0.05, 0.1) is 17.4 Å². The first-order valence-corrected chi connectivity index (χ1v) is 3.97. The zero-order chi connectivity index (χ0) is 10.3. The number of phenols is 1.